The standard InChI is InChI=1S/C13H11F2N3O/c1-7-10(8(2)19)6-16-13(17-7)18-12-4-3-9(14)5-11(12)15/h3-6H,1-2H3,(H,16,17,18). The molecule has 2 rings (SSSR count). The lowest BCUT2D eigenvalue weighted by atomic mass is 10.2. The van der Waals surface area contributed by atoms with Crippen LogP contribution in [0, 0.1) is 18.6 Å². The average Bonchev–Trinajstić information content (AvgIpc) is 2.32. The summed E-state index contributed by atoms with van der Waals surface area (Å²) in [5, 5.41) is 2.63. The van der Waals surface area contributed by atoms with E-state index in [1.807, 2.05) is 0 Å². The molecule has 0 aliphatic rings. The molecule has 0 bridgehead atoms. The molecule has 6 heteroatoms. The van der Waals surface area contributed by atoms with Gasteiger partial charge in [0.2, 0.25) is 5.95 Å². The molecule has 2 aromatic rings. The van der Waals surface area contributed by atoms with E-state index in [4.69, 9.17) is 0 Å². The summed E-state index contributed by atoms with van der Waals surface area (Å²) < 4.78 is 26.2. The van der Waals surface area contributed by atoms with E-state index < -0.39 is 11.6 Å². The minimum Gasteiger partial charge on any atom is -0.322 e. The molecule has 1 aromatic carbocycles. The first-order valence-electron chi connectivity index (χ1n) is 5.54. The number of aromatic nitrogens is 2. The van der Waals surface area contributed by atoms with Crippen molar-refractivity contribution in [3.63, 3.8) is 0 Å². The van der Waals surface area contributed by atoms with Gasteiger partial charge in [0, 0.05) is 12.3 Å². The molecule has 0 aliphatic heterocycles. The third-order valence-corrected chi connectivity index (χ3v) is 2.54. The molecule has 4 nitrogen and oxygen atoms in total. The minimum atomic E-state index is -0.739. The highest BCUT2D eigenvalue weighted by molar-refractivity contribution is 5.94. The van der Waals surface area contributed by atoms with Gasteiger partial charge in [0.05, 0.1) is 16.9 Å². The highest BCUT2D eigenvalue weighted by Gasteiger charge is 2.09. The lowest BCUT2D eigenvalue weighted by Gasteiger charge is -2.07. The predicted octanol–water partition coefficient (Wildman–Crippen LogP) is 3.01. The Hall–Kier alpha value is -2.37. The molecular formula is C13H11F2N3O. The van der Waals surface area contributed by atoms with Crippen molar-refractivity contribution in [1.29, 1.82) is 0 Å². The van der Waals surface area contributed by atoms with E-state index in [2.05, 4.69) is 15.3 Å². The smallest absolute Gasteiger partial charge is 0.227 e. The van der Waals surface area contributed by atoms with Crippen LogP contribution >= 0.6 is 0 Å². The first-order valence-corrected chi connectivity index (χ1v) is 5.54. The maximum Gasteiger partial charge on any atom is 0.227 e. The van der Waals surface area contributed by atoms with Crippen molar-refractivity contribution in [2.75, 3.05) is 5.32 Å². The number of Topliss-reactive ketones (excluding diaryl/α,β-unsaturated/α-hetero) is 1. The maximum atomic E-state index is 13.4. The Kier molecular flexibility index (Phi) is 3.50. The van der Waals surface area contributed by atoms with Crippen molar-refractivity contribution in [2.45, 2.75) is 13.8 Å². The van der Waals surface area contributed by atoms with Gasteiger partial charge in [-0.1, -0.05) is 0 Å². The second-order valence-electron chi connectivity index (χ2n) is 4.00. The molecule has 19 heavy (non-hydrogen) atoms. The number of halogens is 2. The Labute approximate surface area is 108 Å². The Morgan fingerprint density at radius 1 is 1.32 bits per heavy atom. The molecule has 1 N–H and O–H groups in total. The molecule has 98 valence electrons. The molecule has 0 radical (unpaired) electrons. The number of aryl methyl sites for hydroxylation is 1. The highest BCUT2D eigenvalue weighted by Crippen LogP contribution is 2.19. The summed E-state index contributed by atoms with van der Waals surface area (Å²) in [5.41, 5.74) is 0.967. The summed E-state index contributed by atoms with van der Waals surface area (Å²) in [6.45, 7) is 3.07. The summed E-state index contributed by atoms with van der Waals surface area (Å²) in [6.07, 6.45) is 1.37. The fourth-order valence-corrected chi connectivity index (χ4v) is 1.58. The quantitative estimate of drug-likeness (QED) is 0.865. The molecule has 0 atom stereocenters. The first-order chi connectivity index (χ1) is 8.97. The Morgan fingerprint density at radius 2 is 2.05 bits per heavy atom. The van der Waals surface area contributed by atoms with Gasteiger partial charge in [0.1, 0.15) is 11.6 Å². The molecule has 0 saturated heterocycles. The molecule has 1 heterocycles. The number of hydrogen-bond donors (Lipinski definition) is 1. The molecule has 0 fully saturated rings. The number of carbonyl (C=O) groups excluding carboxylic acids is 1. The third kappa shape index (κ3) is 2.90. The molecule has 0 spiro atoms. The van der Waals surface area contributed by atoms with Gasteiger partial charge in [-0.3, -0.25) is 4.79 Å². The molecule has 0 unspecified atom stereocenters. The topological polar surface area (TPSA) is 54.9 Å². The minimum absolute atomic E-state index is 0.0661. The molecule has 0 saturated carbocycles. The highest BCUT2D eigenvalue weighted by atomic mass is 19.1. The molecule has 0 amide bonds. The third-order valence-electron chi connectivity index (χ3n) is 2.54. The second-order valence-corrected chi connectivity index (χ2v) is 4.00. The van der Waals surface area contributed by atoms with Crippen LogP contribution in [-0.4, -0.2) is 15.8 Å². The SMILES string of the molecule is CC(=O)c1cnc(Nc2ccc(F)cc2F)nc1C. The van der Waals surface area contributed by atoms with Gasteiger partial charge in [-0.15, -0.1) is 0 Å². The van der Waals surface area contributed by atoms with Crippen LogP contribution in [0.2, 0.25) is 0 Å². The summed E-state index contributed by atoms with van der Waals surface area (Å²) in [7, 11) is 0. The van der Waals surface area contributed by atoms with Crippen LogP contribution in [0.1, 0.15) is 23.0 Å². The lowest BCUT2D eigenvalue weighted by Crippen LogP contribution is -2.05. The van der Waals surface area contributed by atoms with E-state index in [1.165, 1.54) is 19.2 Å². The van der Waals surface area contributed by atoms with Crippen LogP contribution in [0.3, 0.4) is 0 Å². The number of hydrogen-bond acceptors (Lipinski definition) is 4. The second kappa shape index (κ2) is 5.09. The van der Waals surface area contributed by atoms with Crippen LogP contribution in [0.15, 0.2) is 24.4 Å². The average molecular weight is 263 g/mol. The van der Waals surface area contributed by atoms with Crippen molar-refractivity contribution in [3.05, 3.63) is 47.3 Å². The number of ketones is 1. The van der Waals surface area contributed by atoms with E-state index >= 15 is 0 Å². The van der Waals surface area contributed by atoms with E-state index in [0.717, 1.165) is 12.1 Å². The van der Waals surface area contributed by atoms with Crippen LogP contribution in [0.25, 0.3) is 0 Å². The molecule has 1 aromatic heterocycles. The van der Waals surface area contributed by atoms with Gasteiger partial charge in [0.15, 0.2) is 5.78 Å². The number of nitrogens with one attached hydrogen (secondary N) is 1. The zero-order valence-corrected chi connectivity index (χ0v) is 10.4. The zero-order chi connectivity index (χ0) is 14.0. The largest absolute Gasteiger partial charge is 0.322 e. The van der Waals surface area contributed by atoms with Crippen molar-refractivity contribution in [2.24, 2.45) is 0 Å². The van der Waals surface area contributed by atoms with Gasteiger partial charge in [-0.05, 0) is 26.0 Å². The van der Waals surface area contributed by atoms with Gasteiger partial charge in [-0.2, -0.15) is 0 Å². The molecule has 0 aliphatic carbocycles. The summed E-state index contributed by atoms with van der Waals surface area (Å²) in [6, 6.07) is 3.14. The van der Waals surface area contributed by atoms with E-state index in [9.17, 15) is 13.6 Å². The Balaban J connectivity index is 2.29. The van der Waals surface area contributed by atoms with Gasteiger partial charge in [-0.25, -0.2) is 18.7 Å². The van der Waals surface area contributed by atoms with Crippen LogP contribution in [-0.2, 0) is 0 Å². The van der Waals surface area contributed by atoms with E-state index in [-0.39, 0.29) is 17.4 Å². The lowest BCUT2D eigenvalue weighted by molar-refractivity contribution is 0.101. The zero-order valence-electron chi connectivity index (χ0n) is 10.4. The van der Waals surface area contributed by atoms with Crippen molar-refractivity contribution >= 4 is 17.4 Å². The normalized spacial score (nSPS) is 10.3. The van der Waals surface area contributed by atoms with Crippen molar-refractivity contribution < 1.29 is 13.6 Å². The summed E-state index contributed by atoms with van der Waals surface area (Å²) in [4.78, 5) is 19.2. The first kappa shape index (κ1) is 13.1. The Bertz CT molecular complexity index is 644. The Morgan fingerprint density at radius 3 is 2.63 bits per heavy atom. The number of anilines is 2. The van der Waals surface area contributed by atoms with Crippen LogP contribution < -0.4 is 5.32 Å². The number of nitrogens with zero attached hydrogens (tertiary/aromatic N) is 2. The fraction of sp³-hybridized carbons (Fsp3) is 0.154. The number of carbonyl (C=O) groups is 1. The van der Waals surface area contributed by atoms with Crippen molar-refractivity contribution in [1.82, 2.24) is 9.97 Å². The summed E-state index contributed by atoms with van der Waals surface area (Å²) in [5.74, 6) is -1.39. The fourth-order valence-electron chi connectivity index (χ4n) is 1.58. The van der Waals surface area contributed by atoms with Crippen LogP contribution in [0.4, 0.5) is 20.4 Å². The van der Waals surface area contributed by atoms with Gasteiger partial charge >= 0.3 is 0 Å². The number of benzene rings is 1. The van der Waals surface area contributed by atoms with Gasteiger partial charge in [0.25, 0.3) is 0 Å². The predicted molar refractivity (Wildman–Crippen MR) is 66.4 cm³/mol. The van der Waals surface area contributed by atoms with E-state index in [1.54, 1.807) is 6.92 Å². The van der Waals surface area contributed by atoms with Gasteiger partial charge < -0.3 is 5.32 Å². The monoisotopic (exact) mass is 263 g/mol. The van der Waals surface area contributed by atoms with E-state index in [0.29, 0.717) is 11.3 Å². The maximum absolute atomic E-state index is 13.4. The van der Waals surface area contributed by atoms with Crippen LogP contribution in [0.5, 0.6) is 0 Å². The van der Waals surface area contributed by atoms with Crippen molar-refractivity contribution in [3.8, 4) is 0 Å². The number of rotatable bonds is 3. The molecular weight excluding hydrogens is 252 g/mol. The summed E-state index contributed by atoms with van der Waals surface area (Å²) >= 11 is 0.